The fourth-order valence-electron chi connectivity index (χ4n) is 0.279. The van der Waals surface area contributed by atoms with E-state index in [1.54, 1.807) is 0 Å². The van der Waals surface area contributed by atoms with E-state index in [2.05, 4.69) is 14.2 Å². The average Bonchev–Trinajstić information content (AvgIpc) is 1.90. The molecule has 0 spiro atoms. The summed E-state index contributed by atoms with van der Waals surface area (Å²) in [5.74, 6) is 0. The van der Waals surface area contributed by atoms with Gasteiger partial charge in [-0.2, -0.15) is 0 Å². The summed E-state index contributed by atoms with van der Waals surface area (Å²) in [5.41, 5.74) is 0. The maximum absolute atomic E-state index is 8.52. The summed E-state index contributed by atoms with van der Waals surface area (Å²) in [6.07, 6.45) is 0. The van der Waals surface area contributed by atoms with Crippen molar-refractivity contribution in [2.75, 3.05) is 20.4 Å². The first kappa shape index (κ1) is 14.3. The van der Waals surface area contributed by atoms with E-state index in [-0.39, 0.29) is 37.7 Å². The van der Waals surface area contributed by atoms with Crippen LogP contribution in [-0.2, 0) is 18.7 Å². The first-order chi connectivity index (χ1) is 4.73. The second-order valence-corrected chi connectivity index (χ2v) is 1.72. The van der Waals surface area contributed by atoms with Gasteiger partial charge in [-0.3, -0.25) is 0 Å². The van der Waals surface area contributed by atoms with Gasteiger partial charge < -0.3 is 28.3 Å². The monoisotopic (exact) mass is 206 g/mol. The van der Waals surface area contributed by atoms with Crippen molar-refractivity contribution in [3.05, 3.63) is 0 Å². The Kier molecular flexibility index (Phi) is 14.0. The van der Waals surface area contributed by atoms with Crippen molar-refractivity contribution in [1.29, 1.82) is 0 Å². The summed E-state index contributed by atoms with van der Waals surface area (Å²) >= 11 is 0. The van der Waals surface area contributed by atoms with Gasteiger partial charge in [-0.05, 0) is 0 Å². The average molecular weight is 206 g/mol. The van der Waals surface area contributed by atoms with Gasteiger partial charge in [0.25, 0.3) is 0 Å². The van der Waals surface area contributed by atoms with E-state index in [4.69, 9.17) is 14.1 Å². The van der Waals surface area contributed by atoms with Crippen molar-refractivity contribution < 1.29 is 28.3 Å². The largest absolute Gasteiger partial charge is 2.00 e. The smallest absolute Gasteiger partial charge is 0.672 e. The van der Waals surface area contributed by atoms with Crippen molar-refractivity contribution in [2.24, 2.45) is 0 Å². The van der Waals surface area contributed by atoms with Crippen molar-refractivity contribution in [3.63, 3.8) is 0 Å². The molecule has 0 N–H and O–H groups in total. The minimum Gasteiger partial charge on any atom is -0.672 e. The Morgan fingerprint density at radius 3 is 1.27 bits per heavy atom. The van der Waals surface area contributed by atoms with Gasteiger partial charge in [0.05, 0.1) is 0 Å². The molecule has 0 aromatic rings. The minimum absolute atomic E-state index is 0. The van der Waals surface area contributed by atoms with Crippen molar-refractivity contribution in [1.82, 2.24) is 0 Å². The molecule has 0 radical (unpaired) electrons. The van der Waals surface area contributed by atoms with Crippen LogP contribution in [0, 0.1) is 0 Å². The predicted octanol–water partition coefficient (Wildman–Crippen LogP) is -3.34. The first-order valence-corrected chi connectivity index (χ1v) is 3.57. The van der Waals surface area contributed by atoms with Gasteiger partial charge in [0.15, 0.2) is 20.4 Å². The van der Waals surface area contributed by atoms with Crippen LogP contribution in [0.5, 0.6) is 0 Å². The Morgan fingerprint density at radius 2 is 1.18 bits per heavy atom. The van der Waals surface area contributed by atoms with E-state index in [0.717, 1.165) is 0 Å². The van der Waals surface area contributed by atoms with E-state index in [1.807, 2.05) is 0 Å². The van der Waals surface area contributed by atoms with Crippen LogP contribution >= 0.6 is 0 Å². The fourth-order valence-corrected chi connectivity index (χ4v) is 0.279. The summed E-state index contributed by atoms with van der Waals surface area (Å²) < 4.78 is 22.4. The molecule has 8 heteroatoms. The molecule has 0 unspecified atom stereocenters. The van der Waals surface area contributed by atoms with Crippen LogP contribution in [0.2, 0.25) is 0 Å². The Balaban J connectivity index is 0. The molecule has 1 rings (SSSR count). The molecule has 60 valence electrons. The molecule has 1 fully saturated rings. The third-order valence-corrected chi connectivity index (χ3v) is 0.500. The van der Waals surface area contributed by atoms with Gasteiger partial charge in [-0.15, -0.1) is 0 Å². The van der Waals surface area contributed by atoms with E-state index >= 15 is 0 Å². The number of hydrogen-bond acceptors (Lipinski definition) is 6. The molecule has 0 bridgehead atoms. The molecule has 0 atom stereocenters. The summed E-state index contributed by atoms with van der Waals surface area (Å²) in [7, 11) is -3.63. The van der Waals surface area contributed by atoms with Crippen LogP contribution < -0.4 is 9.59 Å². The molecular weight excluding hydrogens is 200 g/mol. The van der Waals surface area contributed by atoms with Crippen LogP contribution in [-0.4, -0.2) is 67.3 Å². The SMILES string of the molecule is C1OCOCO1.O=[Si]([O-])[O-].[Ca+2]. The summed E-state index contributed by atoms with van der Waals surface area (Å²) in [6.45, 7) is 1.12. The van der Waals surface area contributed by atoms with Gasteiger partial charge in [-0.1, -0.05) is 0 Å². The van der Waals surface area contributed by atoms with Gasteiger partial charge in [0, 0.05) is 9.17 Å². The van der Waals surface area contributed by atoms with Crippen LogP contribution in [0.15, 0.2) is 0 Å². The molecule has 1 aliphatic rings. The second kappa shape index (κ2) is 10.8. The summed E-state index contributed by atoms with van der Waals surface area (Å²) in [5, 5.41) is 0. The number of ether oxygens (including phenoxy) is 3. The molecule has 6 nitrogen and oxygen atoms in total. The summed E-state index contributed by atoms with van der Waals surface area (Å²) in [4.78, 5) is 17.0. The number of hydrogen-bond donors (Lipinski definition) is 0. The second-order valence-electron chi connectivity index (χ2n) is 1.22. The maximum Gasteiger partial charge on any atom is 2.00 e. The van der Waals surface area contributed by atoms with Gasteiger partial charge in [0.2, 0.25) is 0 Å². The zero-order valence-corrected chi connectivity index (χ0v) is 8.99. The molecular formula is C3H6CaO6Si. The Hall–Kier alpha value is 0.757. The zero-order chi connectivity index (χ0) is 7.82. The fraction of sp³-hybridized carbons (Fsp3) is 1.00. The van der Waals surface area contributed by atoms with Crippen molar-refractivity contribution >= 4 is 46.9 Å². The normalized spacial score (nSPS) is 15.3. The summed E-state index contributed by atoms with van der Waals surface area (Å²) in [6, 6.07) is 0. The zero-order valence-electron chi connectivity index (χ0n) is 5.78. The van der Waals surface area contributed by atoms with Crippen LogP contribution in [0.3, 0.4) is 0 Å². The topological polar surface area (TPSA) is 90.9 Å². The molecule has 1 aliphatic heterocycles. The molecule has 0 saturated carbocycles. The molecule has 0 aromatic heterocycles. The molecule has 0 amide bonds. The standard InChI is InChI=1S/C3H6O3.Ca.O3Si/c1-4-2-6-3-5-1;;1-4(2)3/h1-3H2;;/q;+2;-2. The Morgan fingerprint density at radius 1 is 1.00 bits per heavy atom. The minimum atomic E-state index is -3.63. The van der Waals surface area contributed by atoms with Gasteiger partial charge in [-0.25, -0.2) is 0 Å². The predicted molar refractivity (Wildman–Crippen MR) is 30.1 cm³/mol. The van der Waals surface area contributed by atoms with E-state index in [0.29, 0.717) is 20.4 Å². The van der Waals surface area contributed by atoms with Gasteiger partial charge in [0.1, 0.15) is 0 Å². The van der Waals surface area contributed by atoms with Gasteiger partial charge >= 0.3 is 37.7 Å². The van der Waals surface area contributed by atoms with Crippen LogP contribution in [0.25, 0.3) is 0 Å². The maximum atomic E-state index is 8.52. The number of rotatable bonds is 0. The molecule has 0 aliphatic carbocycles. The van der Waals surface area contributed by atoms with Crippen molar-refractivity contribution in [2.45, 2.75) is 0 Å². The van der Waals surface area contributed by atoms with E-state index in [9.17, 15) is 0 Å². The quantitative estimate of drug-likeness (QED) is 0.385. The third-order valence-electron chi connectivity index (χ3n) is 0.500. The molecule has 1 heterocycles. The Labute approximate surface area is 95.0 Å². The molecule has 11 heavy (non-hydrogen) atoms. The first-order valence-electron chi connectivity index (χ1n) is 2.34. The molecule has 0 aromatic carbocycles. The van der Waals surface area contributed by atoms with Crippen LogP contribution in [0.1, 0.15) is 0 Å². The van der Waals surface area contributed by atoms with Crippen LogP contribution in [0.4, 0.5) is 0 Å². The van der Waals surface area contributed by atoms with Crippen molar-refractivity contribution in [3.8, 4) is 0 Å². The van der Waals surface area contributed by atoms with E-state index < -0.39 is 9.17 Å². The van der Waals surface area contributed by atoms with E-state index in [1.165, 1.54) is 0 Å². The molecule has 1 saturated heterocycles. The third kappa shape index (κ3) is 18.1. The Bertz CT molecular complexity index is 80.3.